The molecule has 0 saturated carbocycles. The lowest BCUT2D eigenvalue weighted by molar-refractivity contribution is 0.0725. The van der Waals surface area contributed by atoms with Gasteiger partial charge in [-0.05, 0) is 36.8 Å². The topological polar surface area (TPSA) is 20.2 Å². The Hall–Kier alpha value is -1.08. The van der Waals surface area contributed by atoms with Crippen molar-refractivity contribution in [3.8, 4) is 0 Å². The zero-order chi connectivity index (χ0) is 10.7. The molecule has 0 heterocycles. The van der Waals surface area contributed by atoms with E-state index >= 15 is 0 Å². The summed E-state index contributed by atoms with van der Waals surface area (Å²) in [6.45, 7) is 2.14. The van der Waals surface area contributed by atoms with Gasteiger partial charge in [-0.2, -0.15) is 0 Å². The molecule has 1 aliphatic rings. The molecule has 0 fully saturated rings. The van der Waals surface area contributed by atoms with Crippen LogP contribution in [0.3, 0.4) is 0 Å². The van der Waals surface area contributed by atoms with Crippen molar-refractivity contribution in [1.29, 1.82) is 0 Å². The third-order valence-electron chi connectivity index (χ3n) is 3.16. The number of aliphatic hydroxyl groups is 1. The normalized spacial score (nSPS) is 25.5. The maximum absolute atomic E-state index is 10.5. The molecule has 1 aromatic rings. The molecule has 1 aromatic carbocycles. The van der Waals surface area contributed by atoms with E-state index in [1.807, 2.05) is 18.2 Å². The highest BCUT2D eigenvalue weighted by Crippen LogP contribution is 2.32. The molecule has 0 aromatic heterocycles. The summed E-state index contributed by atoms with van der Waals surface area (Å²) in [6.07, 6.45) is 8.07. The standard InChI is InChI=1S/C14H18O/c1-2-12-7-6-8-13(11-12)14(15)9-4-3-5-10-14/h4,6-9,11,15H,2-3,5,10H2,1H3. The van der Waals surface area contributed by atoms with Gasteiger partial charge in [-0.1, -0.05) is 43.3 Å². The van der Waals surface area contributed by atoms with Crippen LogP contribution in [0.1, 0.15) is 37.3 Å². The molecule has 0 radical (unpaired) electrons. The van der Waals surface area contributed by atoms with E-state index in [1.54, 1.807) is 0 Å². The molecule has 0 saturated heterocycles. The van der Waals surface area contributed by atoms with E-state index in [2.05, 4.69) is 25.1 Å². The van der Waals surface area contributed by atoms with Crippen molar-refractivity contribution in [3.05, 3.63) is 47.5 Å². The summed E-state index contributed by atoms with van der Waals surface area (Å²) in [5, 5.41) is 10.5. The first-order valence-electron chi connectivity index (χ1n) is 5.74. The van der Waals surface area contributed by atoms with Crippen molar-refractivity contribution in [3.63, 3.8) is 0 Å². The van der Waals surface area contributed by atoms with E-state index < -0.39 is 5.60 Å². The van der Waals surface area contributed by atoms with E-state index in [9.17, 15) is 5.11 Å². The fourth-order valence-corrected chi connectivity index (χ4v) is 2.15. The predicted octanol–water partition coefficient (Wildman–Crippen LogP) is 3.18. The lowest BCUT2D eigenvalue weighted by atomic mass is 9.84. The Morgan fingerprint density at radius 2 is 2.27 bits per heavy atom. The molecule has 80 valence electrons. The van der Waals surface area contributed by atoms with Crippen LogP contribution in [-0.2, 0) is 12.0 Å². The third-order valence-corrected chi connectivity index (χ3v) is 3.16. The Bertz CT molecular complexity index is 367. The molecule has 1 N–H and O–H groups in total. The minimum atomic E-state index is -0.719. The molecule has 1 nitrogen and oxygen atoms in total. The second-order valence-electron chi connectivity index (χ2n) is 4.27. The van der Waals surface area contributed by atoms with Gasteiger partial charge >= 0.3 is 0 Å². The van der Waals surface area contributed by atoms with Gasteiger partial charge in [-0.15, -0.1) is 0 Å². The van der Waals surface area contributed by atoms with Crippen LogP contribution in [0, 0.1) is 0 Å². The van der Waals surface area contributed by atoms with Crippen LogP contribution in [0.2, 0.25) is 0 Å². The summed E-state index contributed by atoms with van der Waals surface area (Å²) in [5.41, 5.74) is 1.61. The zero-order valence-corrected chi connectivity index (χ0v) is 9.24. The smallest absolute Gasteiger partial charge is 0.108 e. The monoisotopic (exact) mass is 202 g/mol. The molecule has 1 heteroatoms. The minimum Gasteiger partial charge on any atom is -0.381 e. The SMILES string of the molecule is CCc1cccc(C2(O)C=CCCC2)c1. The van der Waals surface area contributed by atoms with Gasteiger partial charge in [-0.3, -0.25) is 0 Å². The molecular formula is C14H18O. The summed E-state index contributed by atoms with van der Waals surface area (Å²) < 4.78 is 0. The number of hydrogen-bond donors (Lipinski definition) is 1. The van der Waals surface area contributed by atoms with E-state index in [1.165, 1.54) is 5.56 Å². The van der Waals surface area contributed by atoms with Crippen LogP contribution in [0.25, 0.3) is 0 Å². The first-order valence-corrected chi connectivity index (χ1v) is 5.74. The molecule has 2 rings (SSSR count). The summed E-state index contributed by atoms with van der Waals surface area (Å²) in [7, 11) is 0. The van der Waals surface area contributed by atoms with E-state index in [0.29, 0.717) is 0 Å². The first-order chi connectivity index (χ1) is 7.24. The van der Waals surface area contributed by atoms with Crippen molar-refractivity contribution >= 4 is 0 Å². The maximum Gasteiger partial charge on any atom is 0.108 e. The zero-order valence-electron chi connectivity index (χ0n) is 9.24. The Morgan fingerprint density at radius 1 is 1.40 bits per heavy atom. The van der Waals surface area contributed by atoms with Crippen LogP contribution < -0.4 is 0 Å². The molecule has 1 unspecified atom stereocenters. The number of allylic oxidation sites excluding steroid dienone is 1. The lowest BCUT2D eigenvalue weighted by Gasteiger charge is -2.28. The van der Waals surface area contributed by atoms with E-state index in [4.69, 9.17) is 0 Å². The lowest BCUT2D eigenvalue weighted by Crippen LogP contribution is -2.24. The van der Waals surface area contributed by atoms with Gasteiger partial charge in [0.25, 0.3) is 0 Å². The molecule has 1 atom stereocenters. The summed E-state index contributed by atoms with van der Waals surface area (Å²) in [6, 6.07) is 8.29. The van der Waals surface area contributed by atoms with Crippen LogP contribution in [0.5, 0.6) is 0 Å². The molecule has 15 heavy (non-hydrogen) atoms. The van der Waals surface area contributed by atoms with Crippen LogP contribution in [0.4, 0.5) is 0 Å². The molecule has 0 spiro atoms. The Labute approximate surface area is 91.4 Å². The Morgan fingerprint density at radius 3 is 2.93 bits per heavy atom. The summed E-state index contributed by atoms with van der Waals surface area (Å²) in [5.74, 6) is 0. The summed E-state index contributed by atoms with van der Waals surface area (Å²) in [4.78, 5) is 0. The highest BCUT2D eigenvalue weighted by atomic mass is 16.3. The molecule has 0 amide bonds. The fourth-order valence-electron chi connectivity index (χ4n) is 2.15. The quantitative estimate of drug-likeness (QED) is 0.730. The van der Waals surface area contributed by atoms with Gasteiger partial charge in [-0.25, -0.2) is 0 Å². The van der Waals surface area contributed by atoms with Crippen molar-refractivity contribution in [2.24, 2.45) is 0 Å². The van der Waals surface area contributed by atoms with Crippen molar-refractivity contribution < 1.29 is 5.11 Å². The van der Waals surface area contributed by atoms with Crippen molar-refractivity contribution in [2.75, 3.05) is 0 Å². The second-order valence-corrected chi connectivity index (χ2v) is 4.27. The van der Waals surface area contributed by atoms with Crippen LogP contribution >= 0.6 is 0 Å². The number of hydrogen-bond acceptors (Lipinski definition) is 1. The summed E-state index contributed by atoms with van der Waals surface area (Å²) >= 11 is 0. The van der Waals surface area contributed by atoms with Gasteiger partial charge < -0.3 is 5.11 Å². The second kappa shape index (κ2) is 4.19. The largest absolute Gasteiger partial charge is 0.381 e. The van der Waals surface area contributed by atoms with Crippen molar-refractivity contribution in [1.82, 2.24) is 0 Å². The minimum absolute atomic E-state index is 0.719. The predicted molar refractivity (Wildman–Crippen MR) is 62.7 cm³/mol. The average Bonchev–Trinajstić information content (AvgIpc) is 2.30. The Balaban J connectivity index is 2.35. The molecule has 0 bridgehead atoms. The number of aryl methyl sites for hydroxylation is 1. The fraction of sp³-hybridized carbons (Fsp3) is 0.429. The van der Waals surface area contributed by atoms with Gasteiger partial charge in [0, 0.05) is 0 Å². The van der Waals surface area contributed by atoms with E-state index in [-0.39, 0.29) is 0 Å². The van der Waals surface area contributed by atoms with Gasteiger partial charge in [0.05, 0.1) is 0 Å². The number of benzene rings is 1. The third kappa shape index (κ3) is 2.13. The first kappa shape index (κ1) is 10.4. The van der Waals surface area contributed by atoms with E-state index in [0.717, 1.165) is 31.2 Å². The molecule has 0 aliphatic heterocycles. The average molecular weight is 202 g/mol. The highest BCUT2D eigenvalue weighted by molar-refractivity contribution is 5.32. The van der Waals surface area contributed by atoms with Gasteiger partial charge in [0.1, 0.15) is 5.60 Å². The molecule has 1 aliphatic carbocycles. The Kier molecular flexibility index (Phi) is 2.92. The van der Waals surface area contributed by atoms with Gasteiger partial charge in [0.15, 0.2) is 0 Å². The number of rotatable bonds is 2. The van der Waals surface area contributed by atoms with Crippen LogP contribution in [-0.4, -0.2) is 5.11 Å². The van der Waals surface area contributed by atoms with Crippen molar-refractivity contribution in [2.45, 2.75) is 38.2 Å². The highest BCUT2D eigenvalue weighted by Gasteiger charge is 2.27. The van der Waals surface area contributed by atoms with Gasteiger partial charge in [0.2, 0.25) is 0 Å². The maximum atomic E-state index is 10.5. The van der Waals surface area contributed by atoms with Crippen LogP contribution in [0.15, 0.2) is 36.4 Å². The molecular weight excluding hydrogens is 184 g/mol.